The molecule has 1 saturated heterocycles. The molecule has 170 valence electrons. The first-order chi connectivity index (χ1) is 15.7. The molecule has 2 heterocycles. The average Bonchev–Trinajstić information content (AvgIpc) is 3.28. The van der Waals surface area contributed by atoms with E-state index >= 15 is 0 Å². The number of hydrogen-bond acceptors (Lipinski definition) is 7. The second kappa shape index (κ2) is 9.08. The molecule has 11 heteroatoms. The van der Waals surface area contributed by atoms with Crippen LogP contribution in [0.25, 0.3) is 6.08 Å². The van der Waals surface area contributed by atoms with Gasteiger partial charge in [0.2, 0.25) is 9.84 Å². The summed E-state index contributed by atoms with van der Waals surface area (Å²) in [6.45, 7) is 2.29. The van der Waals surface area contributed by atoms with Crippen molar-refractivity contribution in [3.63, 3.8) is 0 Å². The standard InChI is InChI=1S/C22H17BrN2O6S2/c1-2-31-18-8-6-16(7-9-18)24-21(26)20(12-19-11-15(23)13-32-19)33(29,30)22(24)14-4-3-5-17(10-14)25(27)28/h3-13,22H,2H2,1H3/b20-12+/t22-/m1/s1. The van der Waals surface area contributed by atoms with E-state index in [4.69, 9.17) is 4.74 Å². The Morgan fingerprint density at radius 1 is 1.21 bits per heavy atom. The topological polar surface area (TPSA) is 107 Å². The van der Waals surface area contributed by atoms with Crippen molar-refractivity contribution in [2.24, 2.45) is 0 Å². The lowest BCUT2D eigenvalue weighted by atomic mass is 10.1. The monoisotopic (exact) mass is 548 g/mol. The van der Waals surface area contributed by atoms with E-state index in [9.17, 15) is 23.3 Å². The minimum absolute atomic E-state index is 0.127. The number of nitrogens with zero attached hydrogens (tertiary/aromatic N) is 2. The highest BCUT2D eigenvalue weighted by atomic mass is 79.9. The predicted octanol–water partition coefficient (Wildman–Crippen LogP) is 5.32. The molecule has 1 aliphatic rings. The van der Waals surface area contributed by atoms with Crippen LogP contribution < -0.4 is 9.64 Å². The number of thiophene rings is 1. The maximum Gasteiger partial charge on any atom is 0.271 e. The van der Waals surface area contributed by atoms with Crippen molar-refractivity contribution < 1.29 is 22.9 Å². The second-order valence-electron chi connectivity index (χ2n) is 7.03. The molecular weight excluding hydrogens is 532 g/mol. The molecule has 1 fully saturated rings. The zero-order valence-corrected chi connectivity index (χ0v) is 20.4. The van der Waals surface area contributed by atoms with Gasteiger partial charge in [0.05, 0.1) is 11.5 Å². The quantitative estimate of drug-likeness (QED) is 0.234. The molecule has 0 saturated carbocycles. The molecular formula is C22H17BrN2O6S2. The molecule has 0 N–H and O–H groups in total. The Morgan fingerprint density at radius 3 is 2.55 bits per heavy atom. The van der Waals surface area contributed by atoms with E-state index in [1.165, 1.54) is 41.7 Å². The minimum atomic E-state index is -4.20. The highest BCUT2D eigenvalue weighted by molar-refractivity contribution is 9.10. The molecule has 4 rings (SSSR count). The summed E-state index contributed by atoms with van der Waals surface area (Å²) in [5.74, 6) is -0.137. The van der Waals surface area contributed by atoms with Gasteiger partial charge in [-0.3, -0.25) is 19.8 Å². The molecule has 0 spiro atoms. The van der Waals surface area contributed by atoms with Gasteiger partial charge in [-0.25, -0.2) is 8.42 Å². The van der Waals surface area contributed by atoms with Gasteiger partial charge in [-0.05, 0) is 64.8 Å². The number of amides is 1. The summed E-state index contributed by atoms with van der Waals surface area (Å²) >= 11 is 4.61. The largest absolute Gasteiger partial charge is 0.494 e. The highest BCUT2D eigenvalue weighted by Gasteiger charge is 2.50. The number of sulfone groups is 1. The van der Waals surface area contributed by atoms with Crippen LogP contribution in [0.1, 0.15) is 22.7 Å². The Kier molecular flexibility index (Phi) is 6.37. The van der Waals surface area contributed by atoms with Crippen LogP contribution >= 0.6 is 27.3 Å². The molecule has 1 amide bonds. The zero-order chi connectivity index (χ0) is 23.8. The summed E-state index contributed by atoms with van der Waals surface area (Å²) in [5.41, 5.74) is 0.197. The predicted molar refractivity (Wildman–Crippen MR) is 130 cm³/mol. The molecule has 8 nitrogen and oxygen atoms in total. The smallest absolute Gasteiger partial charge is 0.271 e. The Morgan fingerprint density at radius 2 is 1.94 bits per heavy atom. The van der Waals surface area contributed by atoms with Crippen molar-refractivity contribution >= 4 is 60.5 Å². The number of ether oxygens (including phenoxy) is 1. The van der Waals surface area contributed by atoms with Crippen LogP contribution in [0.15, 0.2) is 69.4 Å². The number of carbonyl (C=O) groups is 1. The normalized spacial score (nSPS) is 18.6. The number of nitro benzene ring substituents is 1. The number of anilines is 1. The summed E-state index contributed by atoms with van der Waals surface area (Å²) in [6.07, 6.45) is 1.34. The van der Waals surface area contributed by atoms with Crippen LogP contribution in [0.4, 0.5) is 11.4 Å². The van der Waals surface area contributed by atoms with Crippen LogP contribution in [-0.4, -0.2) is 25.9 Å². The average molecular weight is 549 g/mol. The number of halogens is 1. The third-order valence-electron chi connectivity index (χ3n) is 4.92. The SMILES string of the molecule is CCOc1ccc(N2C(=O)/C(=C\c3cc(Br)cs3)S(=O)(=O)[C@@H]2c2cccc([N+](=O)[O-])c2)cc1. The molecule has 3 aromatic rings. The van der Waals surface area contributed by atoms with Crippen LogP contribution in [0.5, 0.6) is 5.75 Å². The first-order valence-corrected chi connectivity index (χ1v) is 12.9. The lowest BCUT2D eigenvalue weighted by Crippen LogP contribution is -2.29. The van der Waals surface area contributed by atoms with E-state index in [1.807, 2.05) is 6.92 Å². The summed E-state index contributed by atoms with van der Waals surface area (Å²) < 4.78 is 33.4. The van der Waals surface area contributed by atoms with E-state index in [0.717, 1.165) is 9.37 Å². The molecule has 1 aliphatic heterocycles. The van der Waals surface area contributed by atoms with Gasteiger partial charge in [0.15, 0.2) is 5.37 Å². The Balaban J connectivity index is 1.89. The lowest BCUT2D eigenvalue weighted by molar-refractivity contribution is -0.384. The Labute approximate surface area is 202 Å². The lowest BCUT2D eigenvalue weighted by Gasteiger charge is -2.23. The highest BCUT2D eigenvalue weighted by Crippen LogP contribution is 2.44. The van der Waals surface area contributed by atoms with E-state index < -0.39 is 26.0 Å². The third-order valence-corrected chi connectivity index (χ3v) is 8.53. The van der Waals surface area contributed by atoms with E-state index in [0.29, 0.717) is 22.9 Å². The molecule has 0 bridgehead atoms. The Hall–Kier alpha value is -3.02. The zero-order valence-electron chi connectivity index (χ0n) is 17.2. The van der Waals surface area contributed by atoms with Gasteiger partial charge in [-0.15, -0.1) is 11.3 Å². The van der Waals surface area contributed by atoms with Crippen molar-refractivity contribution in [1.29, 1.82) is 0 Å². The second-order valence-corrected chi connectivity index (χ2v) is 10.9. The van der Waals surface area contributed by atoms with Gasteiger partial charge in [0.25, 0.3) is 11.6 Å². The van der Waals surface area contributed by atoms with Crippen LogP contribution in [0.2, 0.25) is 0 Å². The number of rotatable bonds is 6. The van der Waals surface area contributed by atoms with E-state index in [1.54, 1.807) is 35.7 Å². The summed E-state index contributed by atoms with van der Waals surface area (Å²) in [6, 6.07) is 13.5. The third kappa shape index (κ3) is 4.43. The fourth-order valence-electron chi connectivity index (χ4n) is 3.53. The van der Waals surface area contributed by atoms with Gasteiger partial charge in [-0.1, -0.05) is 12.1 Å². The molecule has 1 aromatic heterocycles. The van der Waals surface area contributed by atoms with Crippen molar-refractivity contribution in [2.45, 2.75) is 12.3 Å². The number of carbonyl (C=O) groups excluding carboxylic acids is 1. The number of hydrogen-bond donors (Lipinski definition) is 0. The fraction of sp³-hybridized carbons (Fsp3) is 0.136. The van der Waals surface area contributed by atoms with Gasteiger partial charge in [0, 0.05) is 32.6 Å². The van der Waals surface area contributed by atoms with Crippen molar-refractivity contribution in [2.75, 3.05) is 11.5 Å². The van der Waals surface area contributed by atoms with Gasteiger partial charge in [0.1, 0.15) is 10.7 Å². The molecule has 33 heavy (non-hydrogen) atoms. The van der Waals surface area contributed by atoms with Crippen molar-refractivity contribution in [1.82, 2.24) is 0 Å². The Bertz CT molecular complexity index is 1370. The minimum Gasteiger partial charge on any atom is -0.494 e. The molecule has 1 atom stereocenters. The summed E-state index contributed by atoms with van der Waals surface area (Å²) in [7, 11) is -4.20. The molecule has 0 aliphatic carbocycles. The summed E-state index contributed by atoms with van der Waals surface area (Å²) in [4.78, 5) is 25.5. The molecule has 0 radical (unpaired) electrons. The number of benzene rings is 2. The first kappa shape index (κ1) is 23.1. The maximum atomic E-state index is 13.6. The summed E-state index contributed by atoms with van der Waals surface area (Å²) in [5, 5.41) is 11.6. The van der Waals surface area contributed by atoms with Crippen LogP contribution in [0.3, 0.4) is 0 Å². The van der Waals surface area contributed by atoms with Gasteiger partial charge in [-0.2, -0.15) is 0 Å². The number of non-ortho nitro benzene ring substituents is 1. The van der Waals surface area contributed by atoms with E-state index in [2.05, 4.69) is 15.9 Å². The van der Waals surface area contributed by atoms with Crippen molar-refractivity contribution in [3.05, 3.63) is 89.9 Å². The van der Waals surface area contributed by atoms with Gasteiger partial charge >= 0.3 is 0 Å². The van der Waals surface area contributed by atoms with Crippen LogP contribution in [0, 0.1) is 10.1 Å². The van der Waals surface area contributed by atoms with Crippen molar-refractivity contribution in [3.8, 4) is 5.75 Å². The molecule has 0 unspecified atom stereocenters. The number of nitro groups is 1. The fourth-order valence-corrected chi connectivity index (χ4v) is 6.85. The van der Waals surface area contributed by atoms with Gasteiger partial charge < -0.3 is 4.74 Å². The van der Waals surface area contributed by atoms with Crippen LogP contribution in [-0.2, 0) is 14.6 Å². The van der Waals surface area contributed by atoms with E-state index in [-0.39, 0.29) is 16.2 Å². The first-order valence-electron chi connectivity index (χ1n) is 9.72. The molecule has 2 aromatic carbocycles. The maximum absolute atomic E-state index is 13.6.